The largest absolute Gasteiger partial charge is 0.495 e. The van der Waals surface area contributed by atoms with Crippen LogP contribution in [0.25, 0.3) is 0 Å². The fourth-order valence-corrected chi connectivity index (χ4v) is 1.63. The van der Waals surface area contributed by atoms with E-state index in [1.165, 1.54) is 13.3 Å². The Morgan fingerprint density at radius 2 is 2.30 bits per heavy atom. The Labute approximate surface area is 127 Å². The number of hydrogen-bond acceptors (Lipinski definition) is 4. The van der Waals surface area contributed by atoms with E-state index in [1.807, 2.05) is 0 Å². The van der Waals surface area contributed by atoms with Crippen LogP contribution in [0, 0.1) is 11.3 Å². The molecule has 0 atom stereocenters. The average molecular weight is 314 g/mol. The number of hydrogen-bond donors (Lipinski definition) is 2. The summed E-state index contributed by atoms with van der Waals surface area (Å²) in [7, 11) is 1.47. The van der Waals surface area contributed by atoms with Gasteiger partial charge in [0.1, 0.15) is 17.4 Å². The quantitative estimate of drug-likeness (QED) is 0.366. The Hall–Kier alpha value is -1.90. The van der Waals surface area contributed by atoms with E-state index in [-0.39, 0.29) is 5.57 Å². The molecule has 20 heavy (non-hydrogen) atoms. The van der Waals surface area contributed by atoms with Crippen molar-refractivity contribution in [1.82, 2.24) is 5.32 Å². The Morgan fingerprint density at radius 3 is 2.90 bits per heavy atom. The second-order valence-corrected chi connectivity index (χ2v) is 4.43. The van der Waals surface area contributed by atoms with Crippen molar-refractivity contribution in [1.29, 1.82) is 5.26 Å². The number of nitriles is 1. The molecule has 1 aromatic carbocycles. The van der Waals surface area contributed by atoms with E-state index in [1.54, 1.807) is 24.3 Å². The summed E-state index contributed by atoms with van der Waals surface area (Å²) >= 11 is 11.3. The lowest BCUT2D eigenvalue weighted by Crippen LogP contribution is -2.18. The molecule has 2 N–H and O–H groups in total. The number of amides is 1. The number of carbonyl (C=O) groups is 1. The van der Waals surface area contributed by atoms with Crippen LogP contribution < -0.4 is 15.4 Å². The maximum absolute atomic E-state index is 11.9. The number of ether oxygens (including phenoxy) is 1. The second kappa shape index (κ2) is 8.31. The van der Waals surface area contributed by atoms with Crippen molar-refractivity contribution in [2.45, 2.75) is 0 Å². The third-order valence-corrected chi connectivity index (χ3v) is 2.68. The summed E-state index contributed by atoms with van der Waals surface area (Å²) in [6.07, 6.45) is 1.31. The molecule has 0 heterocycles. The molecule has 0 bridgehead atoms. The molecule has 0 saturated heterocycles. The molecule has 0 aliphatic rings. The number of alkyl halides is 1. The molecule has 0 aliphatic carbocycles. The molecule has 0 spiro atoms. The van der Waals surface area contributed by atoms with Crippen molar-refractivity contribution in [2.24, 2.45) is 0 Å². The van der Waals surface area contributed by atoms with Crippen molar-refractivity contribution in [3.63, 3.8) is 0 Å². The highest BCUT2D eigenvalue weighted by atomic mass is 35.5. The first kappa shape index (κ1) is 16.2. The van der Waals surface area contributed by atoms with Crippen LogP contribution in [-0.4, -0.2) is 25.4 Å². The summed E-state index contributed by atoms with van der Waals surface area (Å²) in [6, 6.07) is 6.61. The number of carbonyl (C=O) groups excluding carboxylic acids is 1. The van der Waals surface area contributed by atoms with Crippen LogP contribution in [0.5, 0.6) is 5.75 Å². The summed E-state index contributed by atoms with van der Waals surface area (Å²) < 4.78 is 5.10. The lowest BCUT2D eigenvalue weighted by Gasteiger charge is -2.10. The van der Waals surface area contributed by atoms with Gasteiger partial charge in [-0.05, 0) is 18.2 Å². The summed E-state index contributed by atoms with van der Waals surface area (Å²) in [6.45, 7) is 0.459. The van der Waals surface area contributed by atoms with Crippen molar-refractivity contribution in [3.8, 4) is 11.8 Å². The zero-order valence-electron chi connectivity index (χ0n) is 10.7. The monoisotopic (exact) mass is 313 g/mol. The van der Waals surface area contributed by atoms with Gasteiger partial charge in [0, 0.05) is 23.6 Å². The van der Waals surface area contributed by atoms with Crippen molar-refractivity contribution in [3.05, 3.63) is 35.0 Å². The highest BCUT2D eigenvalue weighted by Gasteiger charge is 2.12. The number of halogens is 2. The number of nitrogens with zero attached hydrogens (tertiary/aromatic N) is 1. The minimum Gasteiger partial charge on any atom is -0.495 e. The third kappa shape index (κ3) is 4.65. The fraction of sp³-hybridized carbons (Fsp3) is 0.231. The van der Waals surface area contributed by atoms with Crippen molar-refractivity contribution in [2.75, 3.05) is 24.9 Å². The average Bonchev–Trinajstić information content (AvgIpc) is 2.44. The molecule has 1 aromatic rings. The molecule has 0 aliphatic heterocycles. The normalized spacial score (nSPS) is 10.6. The zero-order valence-corrected chi connectivity index (χ0v) is 12.3. The van der Waals surface area contributed by atoms with E-state index >= 15 is 0 Å². The van der Waals surface area contributed by atoms with Crippen molar-refractivity contribution >= 4 is 34.8 Å². The van der Waals surface area contributed by atoms with Gasteiger partial charge in [-0.3, -0.25) is 4.79 Å². The molecule has 0 radical (unpaired) electrons. The summed E-state index contributed by atoms with van der Waals surface area (Å²) in [5, 5.41) is 14.7. The first-order valence-electron chi connectivity index (χ1n) is 5.67. The van der Waals surface area contributed by atoms with Crippen LogP contribution in [0.15, 0.2) is 30.0 Å². The number of benzene rings is 1. The van der Waals surface area contributed by atoms with E-state index in [0.717, 1.165) is 0 Å². The number of methoxy groups -OCH3 is 1. The molecule has 7 heteroatoms. The van der Waals surface area contributed by atoms with Gasteiger partial charge in [0.25, 0.3) is 5.91 Å². The zero-order chi connectivity index (χ0) is 15.0. The Morgan fingerprint density at radius 1 is 1.55 bits per heavy atom. The molecule has 0 fully saturated rings. The van der Waals surface area contributed by atoms with Gasteiger partial charge in [-0.1, -0.05) is 11.6 Å². The molecule has 0 unspecified atom stereocenters. The fourth-order valence-electron chi connectivity index (χ4n) is 1.34. The van der Waals surface area contributed by atoms with E-state index in [2.05, 4.69) is 10.6 Å². The topological polar surface area (TPSA) is 74.1 Å². The summed E-state index contributed by atoms with van der Waals surface area (Å²) in [5.74, 6) is 0.266. The minimum atomic E-state index is -0.560. The molecule has 0 saturated carbocycles. The van der Waals surface area contributed by atoms with Crippen molar-refractivity contribution < 1.29 is 9.53 Å². The van der Waals surface area contributed by atoms with Crippen LogP contribution in [-0.2, 0) is 4.79 Å². The van der Waals surface area contributed by atoms with Gasteiger partial charge in [-0.15, -0.1) is 11.6 Å². The SMILES string of the molecule is COc1ccc(Cl)cc1NC(=O)/C(C#N)=C\NCCCl. The number of anilines is 1. The van der Waals surface area contributed by atoms with Crippen LogP contribution in [0.4, 0.5) is 5.69 Å². The first-order valence-corrected chi connectivity index (χ1v) is 6.58. The molecule has 1 amide bonds. The van der Waals surface area contributed by atoms with Gasteiger partial charge in [0.15, 0.2) is 0 Å². The predicted octanol–water partition coefficient (Wildman–Crippen LogP) is 2.52. The lowest BCUT2D eigenvalue weighted by atomic mass is 10.2. The summed E-state index contributed by atoms with van der Waals surface area (Å²) in [4.78, 5) is 11.9. The van der Waals surface area contributed by atoms with Crippen LogP contribution in [0.1, 0.15) is 0 Å². The number of rotatable bonds is 6. The Bertz CT molecular complexity index is 553. The van der Waals surface area contributed by atoms with E-state index in [4.69, 9.17) is 33.2 Å². The molecular formula is C13H13Cl2N3O2. The lowest BCUT2D eigenvalue weighted by molar-refractivity contribution is -0.112. The third-order valence-electron chi connectivity index (χ3n) is 2.26. The van der Waals surface area contributed by atoms with Crippen LogP contribution in [0.3, 0.4) is 0 Å². The standard InChI is InChI=1S/C13H13Cl2N3O2/c1-20-12-3-2-10(15)6-11(12)18-13(19)9(7-16)8-17-5-4-14/h2-3,6,8,17H,4-5H2,1H3,(H,18,19)/b9-8-. The van der Waals surface area contributed by atoms with E-state index < -0.39 is 5.91 Å². The van der Waals surface area contributed by atoms with Gasteiger partial charge in [0.05, 0.1) is 12.8 Å². The van der Waals surface area contributed by atoms with Gasteiger partial charge >= 0.3 is 0 Å². The molecule has 0 aromatic heterocycles. The molecule has 106 valence electrons. The Kier molecular flexibility index (Phi) is 6.71. The predicted molar refractivity (Wildman–Crippen MR) is 79.1 cm³/mol. The smallest absolute Gasteiger partial charge is 0.267 e. The molecular weight excluding hydrogens is 301 g/mol. The second-order valence-electron chi connectivity index (χ2n) is 3.61. The summed E-state index contributed by atoms with van der Waals surface area (Å²) in [5.41, 5.74) is 0.320. The maximum Gasteiger partial charge on any atom is 0.267 e. The van der Waals surface area contributed by atoms with Crippen LogP contribution >= 0.6 is 23.2 Å². The minimum absolute atomic E-state index is 0.0721. The van der Waals surface area contributed by atoms with Gasteiger partial charge in [0.2, 0.25) is 0 Å². The first-order chi connectivity index (χ1) is 9.62. The Balaban J connectivity index is 2.86. The highest BCUT2D eigenvalue weighted by molar-refractivity contribution is 6.31. The van der Waals surface area contributed by atoms with Gasteiger partial charge < -0.3 is 15.4 Å². The maximum atomic E-state index is 11.9. The van der Waals surface area contributed by atoms with Crippen LogP contribution in [0.2, 0.25) is 5.02 Å². The molecule has 5 nitrogen and oxygen atoms in total. The van der Waals surface area contributed by atoms with E-state index in [0.29, 0.717) is 28.9 Å². The molecule has 1 rings (SSSR count). The van der Waals surface area contributed by atoms with Gasteiger partial charge in [-0.2, -0.15) is 5.26 Å². The number of nitrogens with one attached hydrogen (secondary N) is 2. The van der Waals surface area contributed by atoms with E-state index in [9.17, 15) is 4.79 Å². The van der Waals surface area contributed by atoms with Gasteiger partial charge in [-0.25, -0.2) is 0 Å². The highest BCUT2D eigenvalue weighted by Crippen LogP contribution is 2.27.